The minimum atomic E-state index is -0.0469. The summed E-state index contributed by atoms with van der Waals surface area (Å²) < 4.78 is 0. The van der Waals surface area contributed by atoms with Crippen LogP contribution in [0.2, 0.25) is 0 Å². The van der Waals surface area contributed by atoms with Crippen molar-refractivity contribution in [3.8, 4) is 16.9 Å². The van der Waals surface area contributed by atoms with Gasteiger partial charge in [-0.25, -0.2) is 0 Å². The number of Topliss-reactive ketones (excluding diaryl/α,β-unsaturated/α-hetero) is 1. The maximum atomic E-state index is 12.3. The summed E-state index contributed by atoms with van der Waals surface area (Å²) >= 11 is 1.61. The molecule has 2 aromatic rings. The molecular weight excluding hydrogens is 282 g/mol. The van der Waals surface area contributed by atoms with Crippen LogP contribution >= 0.6 is 11.8 Å². The molecule has 2 aromatic carbocycles. The zero-order valence-corrected chi connectivity index (χ0v) is 12.8. The van der Waals surface area contributed by atoms with Gasteiger partial charge in [0.05, 0.1) is 5.56 Å². The minimum absolute atomic E-state index is 0.0169. The maximum absolute atomic E-state index is 12.3. The molecule has 0 amide bonds. The fraction of sp³-hybridized carbons (Fsp3) is 0.235. The first kappa shape index (κ1) is 15.6. The normalized spacial score (nSPS) is 10.6. The molecule has 0 saturated carbocycles. The first-order valence-corrected chi connectivity index (χ1v) is 8.20. The molecule has 0 aromatic heterocycles. The molecule has 0 unspecified atom stereocenters. The van der Waals surface area contributed by atoms with Crippen molar-refractivity contribution in [2.45, 2.75) is 13.0 Å². The Bertz CT molecular complexity index is 626. The Labute approximate surface area is 129 Å². The highest BCUT2D eigenvalue weighted by Crippen LogP contribution is 2.31. The zero-order valence-electron chi connectivity index (χ0n) is 12.0. The van der Waals surface area contributed by atoms with Gasteiger partial charge in [0.1, 0.15) is 5.75 Å². The second-order valence-corrected chi connectivity index (χ2v) is 5.75. The molecule has 0 bridgehead atoms. The van der Waals surface area contributed by atoms with E-state index in [4.69, 9.17) is 5.73 Å². The number of phenols is 1. The van der Waals surface area contributed by atoms with Gasteiger partial charge < -0.3 is 10.8 Å². The molecule has 0 fully saturated rings. The van der Waals surface area contributed by atoms with Crippen molar-refractivity contribution >= 4 is 17.5 Å². The Hall–Kier alpha value is -1.78. The summed E-state index contributed by atoms with van der Waals surface area (Å²) in [6.45, 7) is 0.204. The molecule has 0 heterocycles. The number of carbonyl (C=O) groups excluding carboxylic acids is 1. The molecule has 2 rings (SSSR count). The van der Waals surface area contributed by atoms with Crippen LogP contribution in [-0.2, 0) is 6.54 Å². The number of nitrogens with two attached hydrogens (primary N) is 1. The highest BCUT2D eigenvalue weighted by Gasteiger charge is 2.16. The Morgan fingerprint density at radius 1 is 1.19 bits per heavy atom. The van der Waals surface area contributed by atoms with Crippen LogP contribution < -0.4 is 5.73 Å². The van der Waals surface area contributed by atoms with Crippen molar-refractivity contribution in [2.24, 2.45) is 5.73 Å². The summed E-state index contributed by atoms with van der Waals surface area (Å²) in [5, 5.41) is 10.2. The van der Waals surface area contributed by atoms with Gasteiger partial charge in [-0.3, -0.25) is 4.79 Å². The van der Waals surface area contributed by atoms with Crippen LogP contribution in [0.5, 0.6) is 5.75 Å². The molecule has 0 atom stereocenters. The van der Waals surface area contributed by atoms with E-state index in [0.29, 0.717) is 17.5 Å². The number of hydrogen-bond acceptors (Lipinski definition) is 4. The Morgan fingerprint density at radius 3 is 2.52 bits per heavy atom. The Balaban J connectivity index is 2.47. The number of benzene rings is 2. The van der Waals surface area contributed by atoms with E-state index in [2.05, 4.69) is 0 Å². The average molecular weight is 301 g/mol. The summed E-state index contributed by atoms with van der Waals surface area (Å²) in [5.74, 6) is 0.712. The van der Waals surface area contributed by atoms with Gasteiger partial charge in [0.2, 0.25) is 0 Å². The smallest absolute Gasteiger partial charge is 0.167 e. The lowest BCUT2D eigenvalue weighted by Crippen LogP contribution is -2.05. The number of aromatic hydroxyl groups is 1. The van der Waals surface area contributed by atoms with E-state index in [9.17, 15) is 9.90 Å². The molecule has 0 radical (unpaired) electrons. The predicted molar refractivity (Wildman–Crippen MR) is 88.8 cm³/mol. The van der Waals surface area contributed by atoms with Crippen LogP contribution in [0.25, 0.3) is 11.1 Å². The highest BCUT2D eigenvalue weighted by atomic mass is 32.2. The van der Waals surface area contributed by atoms with Crippen LogP contribution in [0.3, 0.4) is 0 Å². The van der Waals surface area contributed by atoms with E-state index in [-0.39, 0.29) is 18.1 Å². The molecule has 0 saturated heterocycles. The van der Waals surface area contributed by atoms with Gasteiger partial charge in [-0.2, -0.15) is 11.8 Å². The first-order chi connectivity index (χ1) is 10.2. The van der Waals surface area contributed by atoms with Crippen molar-refractivity contribution < 1.29 is 9.90 Å². The molecule has 3 N–H and O–H groups in total. The summed E-state index contributed by atoms with van der Waals surface area (Å²) in [7, 11) is 0. The van der Waals surface area contributed by atoms with Gasteiger partial charge in [0.15, 0.2) is 5.78 Å². The molecule has 4 heteroatoms. The van der Waals surface area contributed by atoms with E-state index >= 15 is 0 Å². The first-order valence-electron chi connectivity index (χ1n) is 6.81. The number of hydrogen-bond donors (Lipinski definition) is 2. The summed E-state index contributed by atoms with van der Waals surface area (Å²) in [5.41, 5.74) is 8.57. The minimum Gasteiger partial charge on any atom is -0.507 e. The highest BCUT2D eigenvalue weighted by molar-refractivity contribution is 7.98. The summed E-state index contributed by atoms with van der Waals surface area (Å²) in [6.07, 6.45) is 2.37. The van der Waals surface area contributed by atoms with E-state index in [0.717, 1.165) is 16.9 Å². The van der Waals surface area contributed by atoms with Crippen LogP contribution in [0.1, 0.15) is 22.3 Å². The lowest BCUT2D eigenvalue weighted by Gasteiger charge is -2.12. The standard InChI is InChI=1S/C17H19NO2S/c1-21-8-7-16(19)15-10-13(9-14(11-18)17(15)20)12-5-3-2-4-6-12/h2-6,9-10,20H,7-8,11,18H2,1H3. The molecular formula is C17H19NO2S. The van der Waals surface area contributed by atoms with Crippen molar-refractivity contribution in [3.05, 3.63) is 53.6 Å². The molecule has 3 nitrogen and oxygen atoms in total. The van der Waals surface area contributed by atoms with Gasteiger partial charge in [-0.15, -0.1) is 0 Å². The van der Waals surface area contributed by atoms with E-state index in [1.54, 1.807) is 17.8 Å². The fourth-order valence-corrected chi connectivity index (χ4v) is 2.58. The SMILES string of the molecule is CSCCC(=O)c1cc(-c2ccccc2)cc(CN)c1O. The van der Waals surface area contributed by atoms with Crippen molar-refractivity contribution in [1.29, 1.82) is 0 Å². The predicted octanol–water partition coefficient (Wildman–Crippen LogP) is 3.45. The van der Waals surface area contributed by atoms with E-state index in [1.165, 1.54) is 0 Å². The van der Waals surface area contributed by atoms with E-state index in [1.807, 2.05) is 42.7 Å². The van der Waals surface area contributed by atoms with Gasteiger partial charge in [-0.05, 0) is 29.5 Å². The fourth-order valence-electron chi connectivity index (χ4n) is 2.19. The molecule has 0 spiro atoms. The van der Waals surface area contributed by atoms with Gasteiger partial charge in [0, 0.05) is 24.3 Å². The molecule has 110 valence electrons. The monoisotopic (exact) mass is 301 g/mol. The quantitative estimate of drug-likeness (QED) is 0.802. The van der Waals surface area contributed by atoms with Crippen LogP contribution in [0, 0.1) is 0 Å². The third-order valence-electron chi connectivity index (χ3n) is 3.35. The van der Waals surface area contributed by atoms with Crippen LogP contribution in [-0.4, -0.2) is 22.9 Å². The van der Waals surface area contributed by atoms with Crippen molar-refractivity contribution in [2.75, 3.05) is 12.0 Å². The van der Waals surface area contributed by atoms with Crippen LogP contribution in [0.15, 0.2) is 42.5 Å². The third kappa shape index (κ3) is 3.65. The topological polar surface area (TPSA) is 63.3 Å². The van der Waals surface area contributed by atoms with Crippen molar-refractivity contribution in [3.63, 3.8) is 0 Å². The average Bonchev–Trinajstić information content (AvgIpc) is 2.53. The van der Waals surface area contributed by atoms with Gasteiger partial charge >= 0.3 is 0 Å². The second-order valence-electron chi connectivity index (χ2n) is 4.77. The number of carbonyl (C=O) groups is 1. The Kier molecular flexibility index (Phi) is 5.42. The third-order valence-corrected chi connectivity index (χ3v) is 3.96. The van der Waals surface area contributed by atoms with Crippen LogP contribution in [0.4, 0.5) is 0 Å². The van der Waals surface area contributed by atoms with Gasteiger partial charge in [0.25, 0.3) is 0 Å². The number of ketones is 1. The zero-order chi connectivity index (χ0) is 15.2. The summed E-state index contributed by atoms with van der Waals surface area (Å²) in [6, 6.07) is 13.4. The molecule has 0 aliphatic heterocycles. The summed E-state index contributed by atoms with van der Waals surface area (Å²) in [4.78, 5) is 12.3. The molecule has 21 heavy (non-hydrogen) atoms. The van der Waals surface area contributed by atoms with E-state index < -0.39 is 0 Å². The van der Waals surface area contributed by atoms with Crippen molar-refractivity contribution in [1.82, 2.24) is 0 Å². The number of phenolic OH excluding ortho intramolecular Hbond substituents is 1. The van der Waals surface area contributed by atoms with Gasteiger partial charge in [-0.1, -0.05) is 30.3 Å². The largest absolute Gasteiger partial charge is 0.507 e. The number of thioether (sulfide) groups is 1. The molecule has 0 aliphatic carbocycles. The Morgan fingerprint density at radius 2 is 1.90 bits per heavy atom. The number of rotatable bonds is 6. The lowest BCUT2D eigenvalue weighted by molar-refractivity contribution is 0.0987. The lowest BCUT2D eigenvalue weighted by atomic mass is 9.96. The second kappa shape index (κ2) is 7.29. The maximum Gasteiger partial charge on any atom is 0.167 e. The molecule has 0 aliphatic rings.